The Hall–Kier alpha value is -1.53. The van der Waals surface area contributed by atoms with Gasteiger partial charge in [0.05, 0.1) is 11.3 Å². The zero-order valence-corrected chi connectivity index (χ0v) is 11.2. The molecule has 2 atom stereocenters. The maximum Gasteiger partial charge on any atom is 0.101 e. The van der Waals surface area contributed by atoms with Gasteiger partial charge in [0.2, 0.25) is 0 Å². The lowest BCUT2D eigenvalue weighted by Crippen LogP contribution is -2.44. The van der Waals surface area contributed by atoms with Gasteiger partial charge in [0.25, 0.3) is 0 Å². The molecule has 0 spiro atoms. The van der Waals surface area contributed by atoms with Crippen molar-refractivity contribution >= 4 is 5.69 Å². The average Bonchev–Trinajstić information content (AvgIpc) is 2.39. The van der Waals surface area contributed by atoms with Crippen LogP contribution in [0.5, 0.6) is 0 Å². The third kappa shape index (κ3) is 2.49. The van der Waals surface area contributed by atoms with Crippen molar-refractivity contribution in [1.82, 2.24) is 0 Å². The van der Waals surface area contributed by atoms with Crippen LogP contribution in [0.1, 0.15) is 30.9 Å². The largest absolute Gasteiger partial charge is 0.367 e. The van der Waals surface area contributed by atoms with Crippen LogP contribution in [0, 0.1) is 24.2 Å². The first-order valence-electron chi connectivity index (χ1n) is 6.63. The molecule has 1 saturated heterocycles. The van der Waals surface area contributed by atoms with Gasteiger partial charge in [-0.05, 0) is 56.8 Å². The van der Waals surface area contributed by atoms with Gasteiger partial charge in [-0.25, -0.2) is 0 Å². The Bertz CT molecular complexity index is 461. The van der Waals surface area contributed by atoms with E-state index in [9.17, 15) is 5.26 Å². The van der Waals surface area contributed by atoms with E-state index >= 15 is 0 Å². The minimum Gasteiger partial charge on any atom is -0.367 e. The van der Waals surface area contributed by atoms with Crippen molar-refractivity contribution in [1.29, 1.82) is 5.26 Å². The van der Waals surface area contributed by atoms with E-state index in [1.807, 2.05) is 13.0 Å². The fourth-order valence-electron chi connectivity index (χ4n) is 2.70. The molecule has 0 radical (unpaired) electrons. The highest BCUT2D eigenvalue weighted by Crippen LogP contribution is 2.30. The molecule has 2 unspecified atom stereocenters. The maximum atomic E-state index is 9.28. The summed E-state index contributed by atoms with van der Waals surface area (Å²) in [6, 6.07) is 8.92. The average molecular weight is 243 g/mol. The summed E-state index contributed by atoms with van der Waals surface area (Å²) in [6.07, 6.45) is 2.35. The number of nitriles is 1. The molecule has 2 N–H and O–H groups in total. The fourth-order valence-corrected chi connectivity index (χ4v) is 2.70. The molecule has 1 aliphatic rings. The fraction of sp³-hybridized carbons (Fsp3) is 0.533. The highest BCUT2D eigenvalue weighted by molar-refractivity contribution is 5.61. The molecular weight excluding hydrogens is 222 g/mol. The molecule has 3 nitrogen and oxygen atoms in total. The molecule has 0 aromatic heterocycles. The van der Waals surface area contributed by atoms with Crippen LogP contribution in [0.25, 0.3) is 0 Å². The van der Waals surface area contributed by atoms with Gasteiger partial charge in [-0.3, -0.25) is 0 Å². The van der Waals surface area contributed by atoms with Crippen LogP contribution in [0.15, 0.2) is 18.2 Å². The van der Waals surface area contributed by atoms with E-state index in [0.29, 0.717) is 12.0 Å². The zero-order valence-electron chi connectivity index (χ0n) is 11.2. The third-order valence-corrected chi connectivity index (χ3v) is 3.89. The summed E-state index contributed by atoms with van der Waals surface area (Å²) in [5, 5.41) is 9.28. The van der Waals surface area contributed by atoms with Crippen LogP contribution < -0.4 is 10.6 Å². The van der Waals surface area contributed by atoms with E-state index in [2.05, 4.69) is 30.0 Å². The Labute approximate surface area is 109 Å². The lowest BCUT2D eigenvalue weighted by atomic mass is 9.92. The van der Waals surface area contributed by atoms with Crippen LogP contribution in [0.2, 0.25) is 0 Å². The molecule has 0 aliphatic carbocycles. The number of hydrogen-bond donors (Lipinski definition) is 1. The number of anilines is 1. The first kappa shape index (κ1) is 12.9. The molecule has 1 heterocycles. The Balaban J connectivity index is 2.32. The van der Waals surface area contributed by atoms with Gasteiger partial charge in [0.15, 0.2) is 0 Å². The maximum absolute atomic E-state index is 9.28. The summed E-state index contributed by atoms with van der Waals surface area (Å²) in [5.41, 5.74) is 8.77. The quantitative estimate of drug-likeness (QED) is 0.868. The zero-order chi connectivity index (χ0) is 13.1. The second kappa shape index (κ2) is 5.41. The molecule has 1 aromatic rings. The van der Waals surface area contributed by atoms with Crippen molar-refractivity contribution in [2.24, 2.45) is 11.7 Å². The van der Waals surface area contributed by atoms with Crippen molar-refractivity contribution in [3.05, 3.63) is 29.3 Å². The lowest BCUT2D eigenvalue weighted by Gasteiger charge is -2.39. The third-order valence-electron chi connectivity index (χ3n) is 3.89. The van der Waals surface area contributed by atoms with E-state index in [4.69, 9.17) is 5.73 Å². The Kier molecular flexibility index (Phi) is 3.88. The van der Waals surface area contributed by atoms with E-state index in [1.54, 1.807) is 0 Å². The van der Waals surface area contributed by atoms with Gasteiger partial charge in [-0.1, -0.05) is 6.07 Å². The summed E-state index contributed by atoms with van der Waals surface area (Å²) in [6.45, 7) is 5.95. The summed E-state index contributed by atoms with van der Waals surface area (Å²) in [4.78, 5) is 2.35. The molecule has 18 heavy (non-hydrogen) atoms. The molecule has 2 rings (SSSR count). The van der Waals surface area contributed by atoms with Gasteiger partial charge < -0.3 is 10.6 Å². The Morgan fingerprint density at radius 2 is 2.22 bits per heavy atom. The number of hydrogen-bond acceptors (Lipinski definition) is 3. The highest BCUT2D eigenvalue weighted by atomic mass is 15.2. The van der Waals surface area contributed by atoms with Gasteiger partial charge in [-0.15, -0.1) is 0 Å². The minimum atomic E-state index is 0.489. The van der Waals surface area contributed by atoms with Crippen molar-refractivity contribution < 1.29 is 0 Å². The lowest BCUT2D eigenvalue weighted by molar-refractivity contribution is 0.374. The molecule has 1 aliphatic heterocycles. The van der Waals surface area contributed by atoms with Gasteiger partial charge in [-0.2, -0.15) is 5.26 Å². The second-order valence-corrected chi connectivity index (χ2v) is 5.31. The van der Waals surface area contributed by atoms with Crippen LogP contribution >= 0.6 is 0 Å². The smallest absolute Gasteiger partial charge is 0.101 e. The van der Waals surface area contributed by atoms with E-state index < -0.39 is 0 Å². The van der Waals surface area contributed by atoms with Gasteiger partial charge in [0.1, 0.15) is 6.07 Å². The highest BCUT2D eigenvalue weighted by Gasteiger charge is 2.26. The number of rotatable bonds is 2. The monoisotopic (exact) mass is 243 g/mol. The molecule has 0 bridgehead atoms. The predicted octanol–water partition coefficient (Wildman–Crippen LogP) is 2.43. The van der Waals surface area contributed by atoms with Crippen molar-refractivity contribution in [3.8, 4) is 6.07 Å². The van der Waals surface area contributed by atoms with Crippen molar-refractivity contribution in [2.45, 2.75) is 32.7 Å². The number of piperidine rings is 1. The standard InChI is InChI=1S/C15H21N3/c1-11-3-6-15(14(7-11)9-17)18-10-13(8-16)5-4-12(18)2/h3,6-7,12-13H,4-5,8,10,16H2,1-2H3. The van der Waals surface area contributed by atoms with E-state index in [-0.39, 0.29) is 0 Å². The first-order valence-corrected chi connectivity index (χ1v) is 6.63. The SMILES string of the molecule is Cc1ccc(N2CC(CN)CCC2C)c(C#N)c1. The Morgan fingerprint density at radius 3 is 2.89 bits per heavy atom. The van der Waals surface area contributed by atoms with Gasteiger partial charge in [0, 0.05) is 12.6 Å². The second-order valence-electron chi connectivity index (χ2n) is 5.31. The number of aryl methyl sites for hydroxylation is 1. The summed E-state index contributed by atoms with van der Waals surface area (Å²) in [7, 11) is 0. The summed E-state index contributed by atoms with van der Waals surface area (Å²) >= 11 is 0. The molecular formula is C15H21N3. The predicted molar refractivity (Wildman–Crippen MR) is 74.5 cm³/mol. The number of nitrogens with zero attached hydrogens (tertiary/aromatic N) is 2. The number of nitrogens with two attached hydrogens (primary N) is 1. The molecule has 3 heteroatoms. The normalized spacial score (nSPS) is 23.8. The van der Waals surface area contributed by atoms with Crippen LogP contribution in [0.4, 0.5) is 5.69 Å². The van der Waals surface area contributed by atoms with Gasteiger partial charge >= 0.3 is 0 Å². The molecule has 0 amide bonds. The van der Waals surface area contributed by atoms with E-state index in [1.165, 1.54) is 6.42 Å². The Morgan fingerprint density at radius 1 is 1.44 bits per heavy atom. The van der Waals surface area contributed by atoms with Crippen molar-refractivity contribution in [3.63, 3.8) is 0 Å². The van der Waals surface area contributed by atoms with Crippen LogP contribution in [0.3, 0.4) is 0 Å². The van der Waals surface area contributed by atoms with Crippen molar-refractivity contribution in [2.75, 3.05) is 18.0 Å². The minimum absolute atomic E-state index is 0.489. The topological polar surface area (TPSA) is 53.0 Å². The first-order chi connectivity index (χ1) is 8.65. The molecule has 0 saturated carbocycles. The molecule has 1 fully saturated rings. The van der Waals surface area contributed by atoms with E-state index in [0.717, 1.165) is 36.3 Å². The number of benzene rings is 1. The van der Waals surface area contributed by atoms with Crippen LogP contribution in [-0.4, -0.2) is 19.1 Å². The molecule has 96 valence electrons. The summed E-state index contributed by atoms with van der Waals surface area (Å²) < 4.78 is 0. The summed E-state index contributed by atoms with van der Waals surface area (Å²) in [5.74, 6) is 0.550. The molecule has 1 aromatic carbocycles. The van der Waals surface area contributed by atoms with Crippen LogP contribution in [-0.2, 0) is 0 Å².